The molecule has 5 heteroatoms. The number of benzene rings is 2. The van der Waals surface area contributed by atoms with Gasteiger partial charge in [-0.3, -0.25) is 10.2 Å². The number of methoxy groups -OCH3 is 1. The number of hydrogen-bond acceptors (Lipinski definition) is 3. The molecule has 0 aliphatic rings. The average molecular weight is 351 g/mol. The molecule has 136 valence electrons. The number of aromatic nitrogens is 1. The predicted molar refractivity (Wildman–Crippen MR) is 104 cm³/mol. The second-order valence-corrected chi connectivity index (χ2v) is 6.44. The first kappa shape index (κ1) is 18.0. The summed E-state index contributed by atoms with van der Waals surface area (Å²) in [6.07, 6.45) is 2.00. The Morgan fingerprint density at radius 2 is 1.96 bits per heavy atom. The molecule has 0 fully saturated rings. The van der Waals surface area contributed by atoms with Crippen molar-refractivity contribution in [2.75, 3.05) is 7.11 Å². The third-order valence-corrected chi connectivity index (χ3v) is 4.84. The Morgan fingerprint density at radius 1 is 1.19 bits per heavy atom. The summed E-state index contributed by atoms with van der Waals surface area (Å²) in [5.74, 6) is 5.89. The number of carbonyl (C=O) groups is 1. The van der Waals surface area contributed by atoms with Crippen molar-refractivity contribution in [3.63, 3.8) is 0 Å². The zero-order valence-corrected chi connectivity index (χ0v) is 15.3. The maximum Gasteiger partial charge on any atom is 0.233 e. The number of fused-ring (bicyclic) bond motifs is 1. The fourth-order valence-electron chi connectivity index (χ4n) is 3.44. The molecule has 1 amide bonds. The minimum Gasteiger partial charge on any atom is -0.497 e. The van der Waals surface area contributed by atoms with E-state index in [2.05, 4.69) is 53.3 Å². The van der Waals surface area contributed by atoms with Gasteiger partial charge in [0.2, 0.25) is 5.91 Å². The number of nitrogens with one attached hydrogen (secondary N) is 1. The quantitative estimate of drug-likeness (QED) is 0.390. The van der Waals surface area contributed by atoms with E-state index in [1.54, 1.807) is 7.11 Å². The topological polar surface area (TPSA) is 69.3 Å². The van der Waals surface area contributed by atoms with E-state index < -0.39 is 0 Å². The standard InChI is InChI=1S/C21H25N3O2/c1-15-18(9-6-10-21(25)23-22)19-13-17(26-2)11-12-20(19)24(15)14-16-7-4-3-5-8-16/h3-5,7-8,11-13H,6,9-10,14,22H2,1-2H3,(H,23,25). The van der Waals surface area contributed by atoms with E-state index in [-0.39, 0.29) is 5.91 Å². The van der Waals surface area contributed by atoms with E-state index in [4.69, 9.17) is 10.6 Å². The lowest BCUT2D eigenvalue weighted by atomic mass is 10.0. The zero-order valence-electron chi connectivity index (χ0n) is 15.3. The molecular formula is C21H25N3O2. The summed E-state index contributed by atoms with van der Waals surface area (Å²) in [5, 5.41) is 1.19. The fraction of sp³-hybridized carbons (Fsp3) is 0.286. The van der Waals surface area contributed by atoms with Gasteiger partial charge in [-0.05, 0) is 49.1 Å². The van der Waals surface area contributed by atoms with Crippen LogP contribution in [-0.4, -0.2) is 17.6 Å². The van der Waals surface area contributed by atoms with Crippen molar-refractivity contribution in [3.05, 3.63) is 65.4 Å². The molecule has 2 aromatic carbocycles. The molecule has 0 unspecified atom stereocenters. The molecule has 0 atom stereocenters. The molecule has 5 nitrogen and oxygen atoms in total. The zero-order chi connectivity index (χ0) is 18.5. The van der Waals surface area contributed by atoms with Gasteiger partial charge in [0, 0.05) is 29.6 Å². The summed E-state index contributed by atoms with van der Waals surface area (Å²) in [4.78, 5) is 11.4. The first-order chi connectivity index (χ1) is 12.6. The third-order valence-electron chi connectivity index (χ3n) is 4.84. The van der Waals surface area contributed by atoms with Gasteiger partial charge >= 0.3 is 0 Å². The molecule has 0 saturated carbocycles. The lowest BCUT2D eigenvalue weighted by Gasteiger charge is -2.09. The summed E-state index contributed by atoms with van der Waals surface area (Å²) >= 11 is 0. The first-order valence-corrected chi connectivity index (χ1v) is 8.83. The molecule has 0 radical (unpaired) electrons. The minimum absolute atomic E-state index is 0.131. The average Bonchev–Trinajstić information content (AvgIpc) is 2.93. The van der Waals surface area contributed by atoms with Gasteiger partial charge in [-0.2, -0.15) is 0 Å². The van der Waals surface area contributed by atoms with Crippen LogP contribution >= 0.6 is 0 Å². The minimum atomic E-state index is -0.131. The van der Waals surface area contributed by atoms with E-state index in [0.29, 0.717) is 6.42 Å². The Balaban J connectivity index is 1.98. The van der Waals surface area contributed by atoms with Crippen LogP contribution in [0.15, 0.2) is 48.5 Å². The maximum atomic E-state index is 11.4. The first-order valence-electron chi connectivity index (χ1n) is 8.83. The number of nitrogens with zero attached hydrogens (tertiary/aromatic N) is 1. The summed E-state index contributed by atoms with van der Waals surface area (Å²) in [7, 11) is 1.68. The summed E-state index contributed by atoms with van der Waals surface area (Å²) in [6.45, 7) is 2.96. The van der Waals surface area contributed by atoms with Crippen LogP contribution in [0.25, 0.3) is 10.9 Å². The number of nitrogens with two attached hydrogens (primary N) is 1. The number of ether oxygens (including phenoxy) is 1. The molecule has 0 bridgehead atoms. The van der Waals surface area contributed by atoms with Crippen molar-refractivity contribution in [2.24, 2.45) is 5.84 Å². The maximum absolute atomic E-state index is 11.4. The van der Waals surface area contributed by atoms with Gasteiger partial charge in [-0.25, -0.2) is 5.84 Å². The molecule has 26 heavy (non-hydrogen) atoms. The monoisotopic (exact) mass is 351 g/mol. The summed E-state index contributed by atoms with van der Waals surface area (Å²) < 4.78 is 7.75. The van der Waals surface area contributed by atoms with Crippen LogP contribution < -0.4 is 16.0 Å². The van der Waals surface area contributed by atoms with Crippen molar-refractivity contribution in [2.45, 2.75) is 32.7 Å². The van der Waals surface area contributed by atoms with Crippen LogP contribution in [0, 0.1) is 6.92 Å². The van der Waals surface area contributed by atoms with Crippen molar-refractivity contribution in [1.29, 1.82) is 0 Å². The van der Waals surface area contributed by atoms with E-state index in [1.165, 1.54) is 27.7 Å². The molecule has 1 aromatic heterocycles. The van der Waals surface area contributed by atoms with Gasteiger partial charge in [0.15, 0.2) is 0 Å². The Bertz CT molecular complexity index is 901. The summed E-state index contributed by atoms with van der Waals surface area (Å²) in [5.41, 5.74) is 7.13. The van der Waals surface area contributed by atoms with Gasteiger partial charge in [-0.15, -0.1) is 0 Å². The van der Waals surface area contributed by atoms with Crippen LogP contribution in [0.3, 0.4) is 0 Å². The Hall–Kier alpha value is -2.79. The molecule has 3 rings (SSSR count). The molecule has 0 spiro atoms. The number of aryl methyl sites for hydroxylation is 1. The molecule has 3 N–H and O–H groups in total. The van der Waals surface area contributed by atoms with E-state index >= 15 is 0 Å². The number of amides is 1. The molecule has 0 aliphatic heterocycles. The molecule has 3 aromatic rings. The van der Waals surface area contributed by atoms with Crippen LogP contribution in [0.1, 0.15) is 29.7 Å². The Kier molecular flexibility index (Phi) is 5.58. The number of hydrogen-bond donors (Lipinski definition) is 2. The SMILES string of the molecule is COc1ccc2c(c1)c(CCCC(=O)NN)c(C)n2Cc1ccccc1. The number of hydrazine groups is 1. The van der Waals surface area contributed by atoms with Crippen molar-refractivity contribution in [1.82, 2.24) is 9.99 Å². The highest BCUT2D eigenvalue weighted by molar-refractivity contribution is 5.87. The Morgan fingerprint density at radius 3 is 2.65 bits per heavy atom. The van der Waals surface area contributed by atoms with E-state index in [0.717, 1.165) is 25.1 Å². The van der Waals surface area contributed by atoms with E-state index in [9.17, 15) is 4.79 Å². The highest BCUT2D eigenvalue weighted by Gasteiger charge is 2.15. The fourth-order valence-corrected chi connectivity index (χ4v) is 3.44. The van der Waals surface area contributed by atoms with Gasteiger partial charge in [-0.1, -0.05) is 30.3 Å². The number of rotatable bonds is 7. The van der Waals surface area contributed by atoms with Crippen LogP contribution in [0.2, 0.25) is 0 Å². The Labute approximate surface area is 153 Å². The van der Waals surface area contributed by atoms with Crippen molar-refractivity contribution < 1.29 is 9.53 Å². The largest absolute Gasteiger partial charge is 0.497 e. The van der Waals surface area contributed by atoms with Crippen molar-refractivity contribution >= 4 is 16.8 Å². The lowest BCUT2D eigenvalue weighted by molar-refractivity contribution is -0.121. The van der Waals surface area contributed by atoms with E-state index in [1.807, 2.05) is 12.1 Å². The smallest absolute Gasteiger partial charge is 0.233 e. The molecule has 1 heterocycles. The van der Waals surface area contributed by atoms with Gasteiger partial charge < -0.3 is 9.30 Å². The highest BCUT2D eigenvalue weighted by Crippen LogP contribution is 2.31. The third kappa shape index (κ3) is 3.73. The molecule has 0 aliphatic carbocycles. The second-order valence-electron chi connectivity index (χ2n) is 6.44. The summed E-state index contributed by atoms with van der Waals surface area (Å²) in [6, 6.07) is 16.6. The molecule has 0 saturated heterocycles. The van der Waals surface area contributed by atoms with Gasteiger partial charge in [0.25, 0.3) is 0 Å². The van der Waals surface area contributed by atoms with Crippen LogP contribution in [-0.2, 0) is 17.8 Å². The normalized spacial score (nSPS) is 10.9. The number of carbonyl (C=O) groups excluding carboxylic acids is 1. The van der Waals surface area contributed by atoms with Crippen molar-refractivity contribution in [3.8, 4) is 5.75 Å². The lowest BCUT2D eigenvalue weighted by Crippen LogP contribution is -2.29. The van der Waals surface area contributed by atoms with Crippen LogP contribution in [0.5, 0.6) is 5.75 Å². The van der Waals surface area contributed by atoms with Gasteiger partial charge in [0.05, 0.1) is 7.11 Å². The molecular weight excluding hydrogens is 326 g/mol. The predicted octanol–water partition coefficient (Wildman–Crippen LogP) is 3.32. The second kappa shape index (κ2) is 8.06. The van der Waals surface area contributed by atoms with Crippen LogP contribution in [0.4, 0.5) is 0 Å². The van der Waals surface area contributed by atoms with Gasteiger partial charge in [0.1, 0.15) is 5.75 Å². The highest BCUT2D eigenvalue weighted by atomic mass is 16.5.